The number of benzene rings is 2. The highest BCUT2D eigenvalue weighted by Crippen LogP contribution is 2.47. The van der Waals surface area contributed by atoms with Gasteiger partial charge in [-0.15, -0.1) is 11.8 Å². The maximum Gasteiger partial charge on any atom is 0.330 e. The first-order valence-electron chi connectivity index (χ1n) is 10.1. The van der Waals surface area contributed by atoms with Crippen LogP contribution in [0.25, 0.3) is 0 Å². The van der Waals surface area contributed by atoms with Gasteiger partial charge in [-0.05, 0) is 31.5 Å². The van der Waals surface area contributed by atoms with Crippen molar-refractivity contribution in [2.45, 2.75) is 30.7 Å². The molecule has 0 unspecified atom stereocenters. The number of thioether (sulfide) groups is 1. The van der Waals surface area contributed by atoms with E-state index >= 15 is 0 Å². The van der Waals surface area contributed by atoms with Gasteiger partial charge in [0.15, 0.2) is 12.4 Å². The third kappa shape index (κ3) is 4.38. The fourth-order valence-electron chi connectivity index (χ4n) is 3.97. The van der Waals surface area contributed by atoms with E-state index in [0.717, 1.165) is 0 Å². The minimum Gasteiger partial charge on any atom is -0.454 e. The smallest absolute Gasteiger partial charge is 0.330 e. The Labute approximate surface area is 194 Å². The second kappa shape index (κ2) is 8.96. The number of hydrogen-bond donors (Lipinski definition) is 1. The zero-order valence-corrected chi connectivity index (χ0v) is 18.9. The lowest BCUT2D eigenvalue weighted by molar-refractivity contribution is -0.155. The van der Waals surface area contributed by atoms with Gasteiger partial charge in [-0.1, -0.05) is 41.9 Å². The molecular formula is C23H21ClN2O5S. The number of fused-ring (bicyclic) bond motifs is 1. The van der Waals surface area contributed by atoms with E-state index in [1.807, 2.05) is 6.92 Å². The molecule has 4 rings (SSSR count). The average Bonchev–Trinajstić information content (AvgIpc) is 3.29. The van der Waals surface area contributed by atoms with Crippen molar-refractivity contribution >= 4 is 52.6 Å². The molecule has 1 N–H and O–H groups in total. The van der Waals surface area contributed by atoms with E-state index in [1.165, 1.54) is 12.1 Å². The van der Waals surface area contributed by atoms with Gasteiger partial charge in [-0.25, -0.2) is 4.79 Å². The van der Waals surface area contributed by atoms with Gasteiger partial charge in [-0.3, -0.25) is 14.4 Å². The van der Waals surface area contributed by atoms with Crippen LogP contribution in [0.2, 0.25) is 5.02 Å². The van der Waals surface area contributed by atoms with Crippen molar-refractivity contribution in [2.24, 2.45) is 0 Å². The third-order valence-electron chi connectivity index (χ3n) is 5.60. The van der Waals surface area contributed by atoms with E-state index < -0.39 is 24.5 Å². The molecule has 2 aliphatic heterocycles. The largest absolute Gasteiger partial charge is 0.454 e. The van der Waals surface area contributed by atoms with Crippen LogP contribution in [0.15, 0.2) is 48.5 Å². The Kier molecular flexibility index (Phi) is 6.26. The molecule has 2 heterocycles. The molecule has 9 heteroatoms. The quantitative estimate of drug-likeness (QED) is 0.511. The number of amides is 2. The molecule has 0 radical (unpaired) electrons. The molecule has 0 aromatic heterocycles. The van der Waals surface area contributed by atoms with Crippen molar-refractivity contribution in [1.82, 2.24) is 4.90 Å². The first kappa shape index (κ1) is 22.4. The van der Waals surface area contributed by atoms with Crippen LogP contribution in [0, 0.1) is 0 Å². The lowest BCUT2D eigenvalue weighted by atomic mass is 10.0. The fraction of sp³-hybridized carbons (Fsp3) is 0.304. The Morgan fingerprint density at radius 2 is 1.97 bits per heavy atom. The molecule has 0 spiro atoms. The number of nitrogens with one attached hydrogen (secondary N) is 1. The van der Waals surface area contributed by atoms with E-state index in [-0.39, 0.29) is 27.8 Å². The van der Waals surface area contributed by atoms with Gasteiger partial charge in [0.05, 0.1) is 10.6 Å². The predicted molar refractivity (Wildman–Crippen MR) is 122 cm³/mol. The van der Waals surface area contributed by atoms with Gasteiger partial charge in [0.2, 0.25) is 5.91 Å². The number of ether oxygens (including phenoxy) is 1. The standard InChI is InChI=1S/C23H21ClN2O5S/c1-23-10-9-20(28)26(23)18(13-32-23)22(30)31-12-19(27)25-17-8-7-15(24)11-16(17)21(29)14-5-3-2-4-6-14/h2-8,11,18H,9-10,12-13H2,1H3,(H,25,27)/t18-,23-/m0/s1. The van der Waals surface area contributed by atoms with Crippen molar-refractivity contribution in [1.29, 1.82) is 0 Å². The number of esters is 1. The van der Waals surface area contributed by atoms with Crippen molar-refractivity contribution in [3.05, 3.63) is 64.7 Å². The van der Waals surface area contributed by atoms with Gasteiger partial charge in [0.25, 0.3) is 5.91 Å². The molecule has 7 nitrogen and oxygen atoms in total. The number of hydrogen-bond acceptors (Lipinski definition) is 6. The molecule has 0 aliphatic carbocycles. The number of ketones is 1. The van der Waals surface area contributed by atoms with Crippen LogP contribution in [0.5, 0.6) is 0 Å². The van der Waals surface area contributed by atoms with Crippen LogP contribution in [-0.2, 0) is 19.1 Å². The van der Waals surface area contributed by atoms with Gasteiger partial charge in [-0.2, -0.15) is 0 Å². The Morgan fingerprint density at radius 1 is 1.22 bits per heavy atom. The molecule has 2 aromatic carbocycles. The van der Waals surface area contributed by atoms with Crippen molar-refractivity contribution < 1.29 is 23.9 Å². The lowest BCUT2D eigenvalue weighted by Crippen LogP contribution is -2.47. The number of carbonyl (C=O) groups excluding carboxylic acids is 4. The Balaban J connectivity index is 1.41. The van der Waals surface area contributed by atoms with Gasteiger partial charge in [0.1, 0.15) is 6.04 Å². The van der Waals surface area contributed by atoms with Crippen LogP contribution in [0.1, 0.15) is 35.7 Å². The predicted octanol–water partition coefficient (Wildman–Crippen LogP) is 3.51. The fourth-order valence-corrected chi connectivity index (χ4v) is 5.56. The summed E-state index contributed by atoms with van der Waals surface area (Å²) >= 11 is 7.61. The Bertz CT molecular complexity index is 1090. The van der Waals surface area contributed by atoms with Crippen LogP contribution >= 0.6 is 23.4 Å². The first-order valence-corrected chi connectivity index (χ1v) is 11.5. The molecule has 2 aliphatic rings. The second-order valence-electron chi connectivity index (χ2n) is 7.81. The molecule has 32 heavy (non-hydrogen) atoms. The van der Waals surface area contributed by atoms with E-state index in [1.54, 1.807) is 53.1 Å². The Hall–Kier alpha value is -2.84. The number of nitrogens with zero attached hydrogens (tertiary/aromatic N) is 1. The zero-order chi connectivity index (χ0) is 22.9. The zero-order valence-electron chi connectivity index (χ0n) is 17.3. The van der Waals surface area contributed by atoms with Gasteiger partial charge >= 0.3 is 5.97 Å². The SMILES string of the molecule is C[C@]12CCC(=O)N1[C@H](C(=O)OCC(=O)Nc1ccc(Cl)cc1C(=O)c1ccccc1)CS2. The monoisotopic (exact) mass is 472 g/mol. The normalized spacial score (nSPS) is 21.9. The second-order valence-corrected chi connectivity index (χ2v) is 9.74. The van der Waals surface area contributed by atoms with Gasteiger partial charge < -0.3 is 15.0 Å². The maximum absolute atomic E-state index is 12.9. The highest BCUT2D eigenvalue weighted by Gasteiger charge is 2.53. The molecule has 2 fully saturated rings. The van der Waals surface area contributed by atoms with E-state index in [4.69, 9.17) is 16.3 Å². The summed E-state index contributed by atoms with van der Waals surface area (Å²) in [5.74, 6) is -1.13. The van der Waals surface area contributed by atoms with E-state index in [9.17, 15) is 19.2 Å². The first-order chi connectivity index (χ1) is 15.3. The van der Waals surface area contributed by atoms with Gasteiger partial charge in [0, 0.05) is 28.3 Å². The molecule has 2 saturated heterocycles. The summed E-state index contributed by atoms with van der Waals surface area (Å²) in [6.07, 6.45) is 1.10. The van der Waals surface area contributed by atoms with Crippen LogP contribution in [0.3, 0.4) is 0 Å². The number of anilines is 1. The van der Waals surface area contributed by atoms with Crippen LogP contribution in [-0.4, -0.2) is 51.7 Å². The molecule has 2 aromatic rings. The Morgan fingerprint density at radius 3 is 2.72 bits per heavy atom. The van der Waals surface area contributed by atoms with E-state index in [0.29, 0.717) is 29.2 Å². The maximum atomic E-state index is 12.9. The third-order valence-corrected chi connectivity index (χ3v) is 7.34. The van der Waals surface area contributed by atoms with E-state index in [2.05, 4.69) is 5.32 Å². The van der Waals surface area contributed by atoms with Crippen molar-refractivity contribution in [3.63, 3.8) is 0 Å². The molecule has 0 saturated carbocycles. The topological polar surface area (TPSA) is 92.8 Å². The summed E-state index contributed by atoms with van der Waals surface area (Å²) in [6.45, 7) is 1.41. The minimum absolute atomic E-state index is 0.0749. The summed E-state index contributed by atoms with van der Waals surface area (Å²) in [5, 5.41) is 2.97. The average molecular weight is 473 g/mol. The lowest BCUT2D eigenvalue weighted by Gasteiger charge is -2.29. The molecular weight excluding hydrogens is 452 g/mol. The van der Waals surface area contributed by atoms with Crippen molar-refractivity contribution in [2.75, 3.05) is 17.7 Å². The summed E-state index contributed by atoms with van der Waals surface area (Å²) in [7, 11) is 0. The van der Waals surface area contributed by atoms with Crippen molar-refractivity contribution in [3.8, 4) is 0 Å². The number of rotatable bonds is 6. The summed E-state index contributed by atoms with van der Waals surface area (Å²) in [5.41, 5.74) is 0.950. The summed E-state index contributed by atoms with van der Waals surface area (Å²) < 4.78 is 5.20. The number of halogens is 1. The summed E-state index contributed by atoms with van der Waals surface area (Å²) in [4.78, 5) is 51.3. The molecule has 166 valence electrons. The minimum atomic E-state index is -0.696. The highest BCUT2D eigenvalue weighted by atomic mass is 35.5. The number of carbonyl (C=O) groups is 4. The molecule has 0 bridgehead atoms. The molecule has 2 amide bonds. The van der Waals surface area contributed by atoms with Crippen LogP contribution < -0.4 is 5.32 Å². The molecule has 2 atom stereocenters. The van der Waals surface area contributed by atoms with Crippen LogP contribution in [0.4, 0.5) is 5.69 Å². The summed E-state index contributed by atoms with van der Waals surface area (Å²) in [6, 6.07) is 12.5. The highest BCUT2D eigenvalue weighted by molar-refractivity contribution is 8.01.